The lowest BCUT2D eigenvalue weighted by atomic mass is 10.1. The molecule has 0 fully saturated rings. The molecule has 72 valence electrons. The molecule has 0 aromatic carbocycles. The van der Waals surface area contributed by atoms with Gasteiger partial charge in [-0.2, -0.15) is 0 Å². The highest BCUT2D eigenvalue weighted by molar-refractivity contribution is 5.80. The van der Waals surface area contributed by atoms with E-state index >= 15 is 0 Å². The standard InChI is InChI=1S/C12H19N/c1-5-6-11-7-10(4)8-12(11)13-9(2)3/h7-8,10H,5-6H2,1-4H3. The molecule has 0 saturated heterocycles. The minimum atomic E-state index is 0.569. The maximum Gasteiger partial charge on any atom is 0.0623 e. The van der Waals surface area contributed by atoms with Gasteiger partial charge in [0.05, 0.1) is 5.70 Å². The summed E-state index contributed by atoms with van der Waals surface area (Å²) in [5, 5.41) is 0. The van der Waals surface area contributed by atoms with Gasteiger partial charge in [0.2, 0.25) is 0 Å². The molecule has 1 unspecified atom stereocenters. The molecule has 0 radical (unpaired) electrons. The van der Waals surface area contributed by atoms with Gasteiger partial charge in [-0.3, -0.25) is 4.99 Å². The molecule has 0 aromatic heterocycles. The van der Waals surface area contributed by atoms with Crippen LogP contribution < -0.4 is 0 Å². The van der Waals surface area contributed by atoms with Crippen LogP contribution in [-0.2, 0) is 0 Å². The Morgan fingerprint density at radius 2 is 2.08 bits per heavy atom. The molecule has 1 nitrogen and oxygen atoms in total. The molecular weight excluding hydrogens is 158 g/mol. The average Bonchev–Trinajstić information content (AvgIpc) is 2.31. The quantitative estimate of drug-likeness (QED) is 0.582. The number of aliphatic imine (C=N–C) groups is 1. The molecule has 1 rings (SSSR count). The Balaban J connectivity index is 2.79. The van der Waals surface area contributed by atoms with Crippen molar-refractivity contribution in [2.45, 2.75) is 40.5 Å². The smallest absolute Gasteiger partial charge is 0.0623 e. The fourth-order valence-corrected chi connectivity index (χ4v) is 1.64. The van der Waals surface area contributed by atoms with Crippen molar-refractivity contribution in [3.05, 3.63) is 23.4 Å². The second kappa shape index (κ2) is 4.40. The number of hydrogen-bond donors (Lipinski definition) is 0. The molecule has 1 aliphatic carbocycles. The van der Waals surface area contributed by atoms with E-state index in [1.807, 2.05) is 13.8 Å². The van der Waals surface area contributed by atoms with Crippen LogP contribution in [0.2, 0.25) is 0 Å². The van der Waals surface area contributed by atoms with E-state index < -0.39 is 0 Å². The second-order valence-corrected chi connectivity index (χ2v) is 3.91. The normalized spacial score (nSPS) is 21.1. The van der Waals surface area contributed by atoms with Gasteiger partial charge in [-0.15, -0.1) is 0 Å². The van der Waals surface area contributed by atoms with Crippen LogP contribution in [0.25, 0.3) is 0 Å². The summed E-state index contributed by atoms with van der Waals surface area (Å²) in [4.78, 5) is 4.54. The molecule has 0 N–H and O–H groups in total. The van der Waals surface area contributed by atoms with Crippen LogP contribution in [0.4, 0.5) is 0 Å². The minimum Gasteiger partial charge on any atom is -0.258 e. The van der Waals surface area contributed by atoms with Gasteiger partial charge in [-0.25, -0.2) is 0 Å². The fraction of sp³-hybridized carbons (Fsp3) is 0.583. The average molecular weight is 177 g/mol. The van der Waals surface area contributed by atoms with Crippen molar-refractivity contribution in [1.82, 2.24) is 0 Å². The van der Waals surface area contributed by atoms with E-state index in [0.717, 1.165) is 12.1 Å². The Morgan fingerprint density at radius 1 is 1.38 bits per heavy atom. The van der Waals surface area contributed by atoms with E-state index in [0.29, 0.717) is 5.92 Å². The van der Waals surface area contributed by atoms with Crippen molar-refractivity contribution in [3.63, 3.8) is 0 Å². The third kappa shape index (κ3) is 2.83. The van der Waals surface area contributed by atoms with E-state index in [9.17, 15) is 0 Å². The summed E-state index contributed by atoms with van der Waals surface area (Å²) in [5.74, 6) is 0.569. The molecule has 0 bridgehead atoms. The Kier molecular flexibility index (Phi) is 3.47. The Bertz CT molecular complexity index is 265. The first-order valence-electron chi connectivity index (χ1n) is 5.08. The van der Waals surface area contributed by atoms with Crippen LogP contribution in [0.15, 0.2) is 28.4 Å². The molecule has 13 heavy (non-hydrogen) atoms. The lowest BCUT2D eigenvalue weighted by Crippen LogP contribution is -1.87. The third-order valence-corrected chi connectivity index (χ3v) is 2.08. The zero-order valence-corrected chi connectivity index (χ0v) is 9.09. The van der Waals surface area contributed by atoms with Crippen LogP contribution in [0.3, 0.4) is 0 Å². The molecule has 1 aliphatic rings. The number of allylic oxidation sites excluding steroid dienone is 3. The number of hydrogen-bond acceptors (Lipinski definition) is 1. The van der Waals surface area contributed by atoms with E-state index in [4.69, 9.17) is 0 Å². The summed E-state index contributed by atoms with van der Waals surface area (Å²) < 4.78 is 0. The molecule has 0 saturated carbocycles. The van der Waals surface area contributed by atoms with Gasteiger partial charge < -0.3 is 0 Å². The highest BCUT2D eigenvalue weighted by Crippen LogP contribution is 2.27. The first-order valence-corrected chi connectivity index (χ1v) is 5.08. The maximum absolute atomic E-state index is 4.54. The zero-order valence-electron chi connectivity index (χ0n) is 9.09. The lowest BCUT2D eigenvalue weighted by Gasteiger charge is -2.02. The van der Waals surface area contributed by atoms with Gasteiger partial charge in [0.15, 0.2) is 0 Å². The van der Waals surface area contributed by atoms with Gasteiger partial charge in [-0.1, -0.05) is 32.4 Å². The number of rotatable bonds is 3. The van der Waals surface area contributed by atoms with Crippen molar-refractivity contribution < 1.29 is 0 Å². The summed E-state index contributed by atoms with van der Waals surface area (Å²) in [7, 11) is 0. The fourth-order valence-electron chi connectivity index (χ4n) is 1.64. The monoisotopic (exact) mass is 177 g/mol. The van der Waals surface area contributed by atoms with Crippen molar-refractivity contribution in [3.8, 4) is 0 Å². The van der Waals surface area contributed by atoms with Gasteiger partial charge in [0, 0.05) is 5.71 Å². The highest BCUT2D eigenvalue weighted by atomic mass is 14.8. The summed E-state index contributed by atoms with van der Waals surface area (Å²) >= 11 is 0. The molecule has 1 heteroatoms. The predicted octanol–water partition coefficient (Wildman–Crippen LogP) is 3.73. The SMILES string of the molecule is CCCC1=CC(C)C=C1N=C(C)C. The first kappa shape index (κ1) is 10.2. The third-order valence-electron chi connectivity index (χ3n) is 2.08. The van der Waals surface area contributed by atoms with Crippen LogP contribution in [0.5, 0.6) is 0 Å². The molecule has 1 atom stereocenters. The lowest BCUT2D eigenvalue weighted by molar-refractivity contribution is 0.900. The largest absolute Gasteiger partial charge is 0.258 e. The Hall–Kier alpha value is -0.850. The van der Waals surface area contributed by atoms with Gasteiger partial charge >= 0.3 is 0 Å². The van der Waals surface area contributed by atoms with E-state index in [2.05, 4.69) is 31.0 Å². The minimum absolute atomic E-state index is 0.569. The maximum atomic E-state index is 4.54. The predicted molar refractivity (Wildman–Crippen MR) is 59.0 cm³/mol. The van der Waals surface area contributed by atoms with Gasteiger partial charge in [0.25, 0.3) is 0 Å². The van der Waals surface area contributed by atoms with E-state index in [1.165, 1.54) is 17.7 Å². The zero-order chi connectivity index (χ0) is 9.84. The molecule has 0 aliphatic heterocycles. The van der Waals surface area contributed by atoms with Crippen molar-refractivity contribution in [2.75, 3.05) is 0 Å². The number of nitrogens with zero attached hydrogens (tertiary/aromatic N) is 1. The van der Waals surface area contributed by atoms with Crippen molar-refractivity contribution >= 4 is 5.71 Å². The van der Waals surface area contributed by atoms with Gasteiger partial charge in [0.1, 0.15) is 0 Å². The Morgan fingerprint density at radius 3 is 2.62 bits per heavy atom. The topological polar surface area (TPSA) is 12.4 Å². The highest BCUT2D eigenvalue weighted by Gasteiger charge is 2.12. The summed E-state index contributed by atoms with van der Waals surface area (Å²) in [6.07, 6.45) is 6.93. The second-order valence-electron chi connectivity index (χ2n) is 3.91. The van der Waals surface area contributed by atoms with Crippen LogP contribution in [0, 0.1) is 5.92 Å². The van der Waals surface area contributed by atoms with Crippen molar-refractivity contribution in [2.24, 2.45) is 10.9 Å². The van der Waals surface area contributed by atoms with Gasteiger partial charge in [-0.05, 0) is 31.8 Å². The van der Waals surface area contributed by atoms with Crippen molar-refractivity contribution in [1.29, 1.82) is 0 Å². The summed E-state index contributed by atoms with van der Waals surface area (Å²) in [6.45, 7) is 8.52. The van der Waals surface area contributed by atoms with Crippen LogP contribution >= 0.6 is 0 Å². The van der Waals surface area contributed by atoms with E-state index in [1.54, 1.807) is 0 Å². The molecule has 0 amide bonds. The molecule has 0 heterocycles. The Labute approximate surface area is 81.3 Å². The molecular formula is C12H19N. The molecule has 0 aromatic rings. The van der Waals surface area contributed by atoms with Crippen LogP contribution in [-0.4, -0.2) is 5.71 Å². The first-order chi connectivity index (χ1) is 6.13. The summed E-state index contributed by atoms with van der Waals surface area (Å²) in [5.41, 5.74) is 3.77. The van der Waals surface area contributed by atoms with E-state index in [-0.39, 0.29) is 0 Å². The van der Waals surface area contributed by atoms with Crippen LogP contribution in [0.1, 0.15) is 40.5 Å². The molecule has 0 spiro atoms. The summed E-state index contributed by atoms with van der Waals surface area (Å²) in [6, 6.07) is 0.